The Morgan fingerprint density at radius 2 is 2.10 bits per heavy atom. The average molecular weight is 305 g/mol. The van der Waals surface area contributed by atoms with Gasteiger partial charge in [-0.15, -0.1) is 0 Å². The number of nitrogens with zero attached hydrogens (tertiary/aromatic N) is 1. The van der Waals surface area contributed by atoms with Gasteiger partial charge in [-0.3, -0.25) is 9.69 Å². The minimum absolute atomic E-state index is 0.0537. The number of pyridine rings is 1. The minimum Gasteiger partial charge on any atom is -0.371 e. The fraction of sp³-hybridized carbons (Fsp3) is 0.312. The molecule has 1 atom stereocenters. The summed E-state index contributed by atoms with van der Waals surface area (Å²) >= 11 is 5.92. The van der Waals surface area contributed by atoms with E-state index < -0.39 is 0 Å². The highest BCUT2D eigenvalue weighted by atomic mass is 35.5. The monoisotopic (exact) mass is 304 g/mol. The number of ether oxygens (including phenoxy) is 1. The normalized spacial score (nSPS) is 19.6. The Balaban J connectivity index is 1.68. The summed E-state index contributed by atoms with van der Waals surface area (Å²) in [5.41, 5.74) is 2.10. The van der Waals surface area contributed by atoms with Crippen LogP contribution in [0, 0.1) is 0 Å². The van der Waals surface area contributed by atoms with Crippen LogP contribution < -0.4 is 5.56 Å². The zero-order chi connectivity index (χ0) is 14.7. The number of H-pyrrole nitrogens is 1. The molecule has 0 spiro atoms. The molecule has 5 heteroatoms. The van der Waals surface area contributed by atoms with Gasteiger partial charge in [0.2, 0.25) is 5.56 Å². The van der Waals surface area contributed by atoms with E-state index in [-0.39, 0.29) is 11.7 Å². The fourth-order valence-corrected chi connectivity index (χ4v) is 2.70. The van der Waals surface area contributed by atoms with Crippen LogP contribution in [0.4, 0.5) is 0 Å². The van der Waals surface area contributed by atoms with Crippen LogP contribution in [0.15, 0.2) is 47.4 Å². The molecule has 1 aromatic carbocycles. The van der Waals surface area contributed by atoms with Crippen molar-refractivity contribution in [2.45, 2.75) is 12.6 Å². The van der Waals surface area contributed by atoms with Crippen molar-refractivity contribution < 1.29 is 4.74 Å². The lowest BCUT2D eigenvalue weighted by Crippen LogP contribution is -2.37. The van der Waals surface area contributed by atoms with Gasteiger partial charge in [-0.25, -0.2) is 0 Å². The second-order valence-corrected chi connectivity index (χ2v) is 5.64. The SMILES string of the molecule is O=c1cc(CN2CCO[C@H](c3ccc(Cl)cc3)C2)cc[nH]1. The average Bonchev–Trinajstić information content (AvgIpc) is 2.48. The van der Waals surface area contributed by atoms with Crippen molar-refractivity contribution in [3.63, 3.8) is 0 Å². The Bertz CT molecular complexity index is 654. The first kappa shape index (κ1) is 14.3. The number of benzene rings is 1. The highest BCUT2D eigenvalue weighted by molar-refractivity contribution is 6.30. The molecule has 1 aliphatic rings. The number of aromatic nitrogens is 1. The first-order valence-corrected chi connectivity index (χ1v) is 7.35. The number of rotatable bonds is 3. The summed E-state index contributed by atoms with van der Waals surface area (Å²) in [4.78, 5) is 16.3. The quantitative estimate of drug-likeness (QED) is 0.948. The van der Waals surface area contributed by atoms with Crippen LogP contribution in [0.2, 0.25) is 5.02 Å². The molecular formula is C16H17ClN2O2. The van der Waals surface area contributed by atoms with Crippen LogP contribution in [0.3, 0.4) is 0 Å². The molecule has 1 aliphatic heterocycles. The zero-order valence-corrected chi connectivity index (χ0v) is 12.3. The molecule has 0 amide bonds. The third-order valence-electron chi connectivity index (χ3n) is 3.64. The Morgan fingerprint density at radius 3 is 2.86 bits per heavy atom. The Kier molecular flexibility index (Phi) is 4.39. The minimum atomic E-state index is -0.0602. The molecule has 0 radical (unpaired) electrons. The Labute approximate surface area is 128 Å². The maximum atomic E-state index is 11.3. The van der Waals surface area contributed by atoms with Gasteiger partial charge in [-0.1, -0.05) is 23.7 Å². The second kappa shape index (κ2) is 6.43. The van der Waals surface area contributed by atoms with Gasteiger partial charge in [0.25, 0.3) is 0 Å². The van der Waals surface area contributed by atoms with Gasteiger partial charge >= 0.3 is 0 Å². The van der Waals surface area contributed by atoms with Crippen molar-refractivity contribution in [1.29, 1.82) is 0 Å². The maximum absolute atomic E-state index is 11.3. The molecule has 3 rings (SSSR count). The largest absolute Gasteiger partial charge is 0.371 e. The lowest BCUT2D eigenvalue weighted by Gasteiger charge is -2.33. The molecule has 4 nitrogen and oxygen atoms in total. The molecule has 0 unspecified atom stereocenters. The Hall–Kier alpha value is -1.62. The van der Waals surface area contributed by atoms with E-state index in [0.29, 0.717) is 6.61 Å². The number of aromatic amines is 1. The van der Waals surface area contributed by atoms with Crippen LogP contribution in [0.1, 0.15) is 17.2 Å². The smallest absolute Gasteiger partial charge is 0.248 e. The standard InChI is InChI=1S/C16H17ClN2O2/c17-14-3-1-13(2-4-14)15-11-19(7-8-21-15)10-12-5-6-18-16(20)9-12/h1-6,9,15H,7-8,10-11H2,(H,18,20)/t15-/m0/s1. The highest BCUT2D eigenvalue weighted by Gasteiger charge is 2.21. The number of hydrogen-bond donors (Lipinski definition) is 1. The van der Waals surface area contributed by atoms with E-state index >= 15 is 0 Å². The molecule has 1 fully saturated rings. The molecule has 0 aliphatic carbocycles. The number of morpholine rings is 1. The van der Waals surface area contributed by atoms with Gasteiger partial charge in [0.1, 0.15) is 0 Å². The van der Waals surface area contributed by atoms with Crippen LogP contribution in [0.5, 0.6) is 0 Å². The molecule has 21 heavy (non-hydrogen) atoms. The van der Waals surface area contributed by atoms with Gasteiger partial charge in [-0.2, -0.15) is 0 Å². The molecule has 1 N–H and O–H groups in total. The molecule has 2 aromatic rings. The molecule has 1 saturated heterocycles. The summed E-state index contributed by atoms with van der Waals surface area (Å²) in [7, 11) is 0. The summed E-state index contributed by atoms with van der Waals surface area (Å²) in [5.74, 6) is 0. The molecule has 0 saturated carbocycles. The predicted molar refractivity (Wildman–Crippen MR) is 82.5 cm³/mol. The van der Waals surface area contributed by atoms with Crippen molar-refractivity contribution in [1.82, 2.24) is 9.88 Å². The van der Waals surface area contributed by atoms with E-state index in [2.05, 4.69) is 9.88 Å². The van der Waals surface area contributed by atoms with E-state index in [4.69, 9.17) is 16.3 Å². The van der Waals surface area contributed by atoms with Gasteiger partial charge in [-0.05, 0) is 29.3 Å². The van der Waals surface area contributed by atoms with Crippen LogP contribution in [-0.4, -0.2) is 29.6 Å². The number of hydrogen-bond acceptors (Lipinski definition) is 3. The van der Waals surface area contributed by atoms with Gasteiger partial charge < -0.3 is 9.72 Å². The summed E-state index contributed by atoms with van der Waals surface area (Å²) in [5, 5.41) is 0.731. The summed E-state index contributed by atoms with van der Waals surface area (Å²) < 4.78 is 5.84. The topological polar surface area (TPSA) is 45.3 Å². The van der Waals surface area contributed by atoms with Crippen molar-refractivity contribution in [3.05, 3.63) is 69.1 Å². The van der Waals surface area contributed by atoms with Crippen molar-refractivity contribution >= 4 is 11.6 Å². The fourth-order valence-electron chi connectivity index (χ4n) is 2.57. The second-order valence-electron chi connectivity index (χ2n) is 5.21. The lowest BCUT2D eigenvalue weighted by atomic mass is 10.1. The molecular weight excluding hydrogens is 288 g/mol. The first-order chi connectivity index (χ1) is 10.2. The van der Waals surface area contributed by atoms with Gasteiger partial charge in [0.05, 0.1) is 12.7 Å². The van der Waals surface area contributed by atoms with Crippen LogP contribution in [0.25, 0.3) is 0 Å². The summed E-state index contributed by atoms with van der Waals surface area (Å²) in [6, 6.07) is 11.4. The molecule has 0 bridgehead atoms. The third-order valence-corrected chi connectivity index (χ3v) is 3.89. The van der Waals surface area contributed by atoms with Crippen molar-refractivity contribution in [3.8, 4) is 0 Å². The van der Waals surface area contributed by atoms with Gasteiger partial charge in [0, 0.05) is 36.9 Å². The molecule has 1 aromatic heterocycles. The van der Waals surface area contributed by atoms with Crippen LogP contribution in [-0.2, 0) is 11.3 Å². The highest BCUT2D eigenvalue weighted by Crippen LogP contribution is 2.24. The summed E-state index contributed by atoms with van der Waals surface area (Å²) in [6.07, 6.45) is 1.74. The van der Waals surface area contributed by atoms with Crippen molar-refractivity contribution in [2.24, 2.45) is 0 Å². The maximum Gasteiger partial charge on any atom is 0.248 e. The van der Waals surface area contributed by atoms with E-state index in [1.54, 1.807) is 12.3 Å². The summed E-state index contributed by atoms with van der Waals surface area (Å²) in [6.45, 7) is 3.14. The van der Waals surface area contributed by atoms with Gasteiger partial charge in [0.15, 0.2) is 0 Å². The predicted octanol–water partition coefficient (Wildman–Crippen LogP) is 2.60. The zero-order valence-electron chi connectivity index (χ0n) is 11.6. The van der Waals surface area contributed by atoms with E-state index in [0.717, 1.165) is 35.8 Å². The van der Waals surface area contributed by atoms with E-state index in [9.17, 15) is 4.79 Å². The van der Waals surface area contributed by atoms with E-state index in [1.807, 2.05) is 30.3 Å². The van der Waals surface area contributed by atoms with Crippen molar-refractivity contribution in [2.75, 3.05) is 19.7 Å². The van der Waals surface area contributed by atoms with Crippen LogP contribution >= 0.6 is 11.6 Å². The first-order valence-electron chi connectivity index (χ1n) is 6.98. The lowest BCUT2D eigenvalue weighted by molar-refractivity contribution is -0.0329. The molecule has 2 heterocycles. The third kappa shape index (κ3) is 3.73. The van der Waals surface area contributed by atoms with E-state index in [1.165, 1.54) is 0 Å². The Morgan fingerprint density at radius 1 is 1.29 bits per heavy atom. The number of halogens is 1. The number of nitrogens with one attached hydrogen (secondary N) is 1. The molecule has 110 valence electrons.